The molecule has 0 spiro atoms. The lowest BCUT2D eigenvalue weighted by molar-refractivity contribution is -0.125. The van der Waals surface area contributed by atoms with Gasteiger partial charge in [0.25, 0.3) is 11.8 Å². The molecule has 134 valence electrons. The lowest BCUT2D eigenvalue weighted by atomic mass is 10.2. The van der Waals surface area contributed by atoms with Crippen LogP contribution in [0, 0.1) is 5.92 Å². The Morgan fingerprint density at radius 3 is 2.96 bits per heavy atom. The predicted molar refractivity (Wildman–Crippen MR) is 95.3 cm³/mol. The van der Waals surface area contributed by atoms with Crippen molar-refractivity contribution in [2.45, 2.75) is 19.3 Å². The summed E-state index contributed by atoms with van der Waals surface area (Å²) in [5.41, 5.74) is 3.01. The first-order valence-corrected chi connectivity index (χ1v) is 8.55. The van der Waals surface area contributed by atoms with Gasteiger partial charge in [-0.2, -0.15) is 5.10 Å². The lowest BCUT2D eigenvalue weighted by Crippen LogP contribution is -2.44. The van der Waals surface area contributed by atoms with Crippen molar-refractivity contribution in [2.75, 3.05) is 18.1 Å². The van der Waals surface area contributed by atoms with Crippen LogP contribution in [0.4, 0.5) is 5.69 Å². The average molecular weight is 353 g/mol. The van der Waals surface area contributed by atoms with E-state index in [1.54, 1.807) is 18.2 Å². The molecule has 0 saturated heterocycles. The van der Waals surface area contributed by atoms with Crippen molar-refractivity contribution < 1.29 is 18.7 Å². The number of anilines is 1. The zero-order valence-corrected chi connectivity index (χ0v) is 14.3. The monoisotopic (exact) mass is 353 g/mol. The molecule has 1 aromatic carbocycles. The SMILES string of the molecule is C[C@@H]1C[C@H]1c1ccc(/C=N\NC(=O)CN2C(=O)COc3ccccc32)o1. The molecule has 26 heavy (non-hydrogen) atoms. The van der Waals surface area contributed by atoms with Gasteiger partial charge in [0.2, 0.25) is 0 Å². The number of fused-ring (bicyclic) bond motifs is 1. The molecule has 1 saturated carbocycles. The van der Waals surface area contributed by atoms with Crippen LogP contribution in [-0.4, -0.2) is 31.2 Å². The van der Waals surface area contributed by atoms with E-state index in [0.717, 1.165) is 12.2 Å². The number of carbonyl (C=O) groups is 2. The number of para-hydroxylation sites is 2. The molecule has 7 heteroatoms. The van der Waals surface area contributed by atoms with Crippen LogP contribution in [0.5, 0.6) is 5.75 Å². The summed E-state index contributed by atoms with van der Waals surface area (Å²) in [4.78, 5) is 25.6. The second-order valence-electron chi connectivity index (χ2n) is 6.59. The van der Waals surface area contributed by atoms with Crippen molar-refractivity contribution in [3.05, 3.63) is 47.9 Å². The van der Waals surface area contributed by atoms with Crippen LogP contribution in [0.3, 0.4) is 0 Å². The molecule has 4 rings (SSSR count). The molecule has 1 aromatic heterocycles. The summed E-state index contributed by atoms with van der Waals surface area (Å²) in [5.74, 6) is 2.64. The van der Waals surface area contributed by atoms with Gasteiger partial charge in [-0.15, -0.1) is 0 Å². The van der Waals surface area contributed by atoms with Gasteiger partial charge in [-0.3, -0.25) is 14.5 Å². The Balaban J connectivity index is 1.35. The Labute approximate surface area is 150 Å². The molecule has 0 radical (unpaired) electrons. The standard InChI is InChI=1S/C19H19N3O4/c1-12-8-14(12)16-7-6-13(26-16)9-20-21-18(23)10-22-15-4-2-3-5-17(15)25-11-19(22)24/h2-7,9,12,14H,8,10-11H2,1H3,(H,21,23)/b20-9-/t12-,14-/m1/s1. The Morgan fingerprint density at radius 1 is 1.35 bits per heavy atom. The second kappa shape index (κ2) is 6.67. The highest BCUT2D eigenvalue weighted by Gasteiger charge is 2.36. The van der Waals surface area contributed by atoms with Gasteiger partial charge in [0, 0.05) is 5.92 Å². The van der Waals surface area contributed by atoms with Crippen LogP contribution in [-0.2, 0) is 9.59 Å². The zero-order valence-electron chi connectivity index (χ0n) is 14.3. The molecule has 0 unspecified atom stereocenters. The topological polar surface area (TPSA) is 84.1 Å². The maximum atomic E-state index is 12.1. The lowest BCUT2D eigenvalue weighted by Gasteiger charge is -2.28. The smallest absolute Gasteiger partial charge is 0.265 e. The first kappa shape index (κ1) is 16.4. The zero-order chi connectivity index (χ0) is 18.1. The third-order valence-electron chi connectivity index (χ3n) is 4.61. The molecule has 1 N–H and O–H groups in total. The number of hydrazone groups is 1. The van der Waals surface area contributed by atoms with Crippen molar-refractivity contribution in [2.24, 2.45) is 11.0 Å². The van der Waals surface area contributed by atoms with Crippen LogP contribution < -0.4 is 15.1 Å². The van der Waals surface area contributed by atoms with E-state index in [-0.39, 0.29) is 19.1 Å². The Bertz CT molecular complexity index is 873. The number of hydrogen-bond donors (Lipinski definition) is 1. The van der Waals surface area contributed by atoms with Gasteiger partial charge >= 0.3 is 0 Å². The molecule has 2 aliphatic rings. The normalized spacial score (nSPS) is 21.4. The summed E-state index contributed by atoms with van der Waals surface area (Å²) in [5, 5.41) is 3.91. The number of amides is 2. The summed E-state index contributed by atoms with van der Waals surface area (Å²) in [6.07, 6.45) is 2.61. The van der Waals surface area contributed by atoms with Crippen LogP contribution in [0.15, 0.2) is 45.9 Å². The quantitative estimate of drug-likeness (QED) is 0.660. The highest BCUT2D eigenvalue weighted by molar-refractivity contribution is 6.02. The Kier molecular flexibility index (Phi) is 4.20. The van der Waals surface area contributed by atoms with Crippen LogP contribution in [0.25, 0.3) is 0 Å². The van der Waals surface area contributed by atoms with Crippen molar-refractivity contribution in [3.8, 4) is 5.75 Å². The summed E-state index contributed by atoms with van der Waals surface area (Å²) in [6, 6.07) is 10.9. The molecule has 2 heterocycles. The summed E-state index contributed by atoms with van der Waals surface area (Å²) in [7, 11) is 0. The average Bonchev–Trinajstić information content (AvgIpc) is 3.18. The molecule has 1 aliphatic heterocycles. The van der Waals surface area contributed by atoms with E-state index in [1.807, 2.05) is 18.2 Å². The van der Waals surface area contributed by atoms with E-state index in [4.69, 9.17) is 9.15 Å². The molecule has 1 aliphatic carbocycles. The van der Waals surface area contributed by atoms with E-state index in [0.29, 0.717) is 29.0 Å². The fraction of sp³-hybridized carbons (Fsp3) is 0.316. The molecule has 7 nitrogen and oxygen atoms in total. The maximum absolute atomic E-state index is 12.1. The summed E-state index contributed by atoms with van der Waals surface area (Å²) >= 11 is 0. The van der Waals surface area contributed by atoms with Crippen LogP contribution in [0.1, 0.15) is 30.8 Å². The van der Waals surface area contributed by atoms with Crippen LogP contribution >= 0.6 is 0 Å². The largest absolute Gasteiger partial charge is 0.482 e. The second-order valence-corrected chi connectivity index (χ2v) is 6.59. The number of benzene rings is 1. The van der Waals surface area contributed by atoms with Gasteiger partial charge in [-0.1, -0.05) is 19.1 Å². The van der Waals surface area contributed by atoms with Crippen molar-refractivity contribution in [1.29, 1.82) is 0 Å². The molecule has 2 atom stereocenters. The highest BCUT2D eigenvalue weighted by Crippen LogP contribution is 2.47. The first-order valence-electron chi connectivity index (χ1n) is 8.55. The third kappa shape index (κ3) is 3.33. The van der Waals surface area contributed by atoms with E-state index >= 15 is 0 Å². The maximum Gasteiger partial charge on any atom is 0.265 e. The van der Waals surface area contributed by atoms with E-state index in [9.17, 15) is 9.59 Å². The first-order chi connectivity index (χ1) is 12.6. The number of rotatable bonds is 5. The fourth-order valence-corrected chi connectivity index (χ4v) is 3.03. The van der Waals surface area contributed by atoms with Crippen molar-refractivity contribution in [1.82, 2.24) is 5.43 Å². The van der Waals surface area contributed by atoms with Crippen molar-refractivity contribution >= 4 is 23.7 Å². The number of nitrogens with zero attached hydrogens (tertiary/aromatic N) is 2. The van der Waals surface area contributed by atoms with Gasteiger partial charge in [0.05, 0.1) is 11.9 Å². The van der Waals surface area contributed by atoms with Gasteiger partial charge in [0.1, 0.15) is 23.8 Å². The Morgan fingerprint density at radius 2 is 2.15 bits per heavy atom. The number of furan rings is 1. The molecule has 2 aromatic rings. The molecule has 1 fully saturated rings. The molecular weight excluding hydrogens is 334 g/mol. The molecular formula is C19H19N3O4. The number of nitrogens with one attached hydrogen (secondary N) is 1. The number of ether oxygens (including phenoxy) is 1. The summed E-state index contributed by atoms with van der Waals surface area (Å²) in [6.45, 7) is 1.98. The fourth-order valence-electron chi connectivity index (χ4n) is 3.03. The minimum Gasteiger partial charge on any atom is -0.482 e. The number of carbonyl (C=O) groups excluding carboxylic acids is 2. The highest BCUT2D eigenvalue weighted by atomic mass is 16.5. The van der Waals surface area contributed by atoms with Gasteiger partial charge in [-0.05, 0) is 36.6 Å². The van der Waals surface area contributed by atoms with E-state index in [2.05, 4.69) is 17.5 Å². The minimum absolute atomic E-state index is 0.0810. The third-order valence-corrected chi connectivity index (χ3v) is 4.61. The number of hydrogen-bond acceptors (Lipinski definition) is 5. The molecule has 2 amide bonds. The summed E-state index contributed by atoms with van der Waals surface area (Å²) < 4.78 is 11.0. The minimum atomic E-state index is -0.395. The molecule has 0 bridgehead atoms. The van der Waals surface area contributed by atoms with Crippen LogP contribution in [0.2, 0.25) is 0 Å². The van der Waals surface area contributed by atoms with E-state index < -0.39 is 5.91 Å². The van der Waals surface area contributed by atoms with Crippen molar-refractivity contribution in [3.63, 3.8) is 0 Å². The van der Waals surface area contributed by atoms with Gasteiger partial charge < -0.3 is 9.15 Å². The van der Waals surface area contributed by atoms with E-state index in [1.165, 1.54) is 11.1 Å². The van der Waals surface area contributed by atoms with Gasteiger partial charge in [0.15, 0.2) is 6.61 Å². The predicted octanol–water partition coefficient (Wildman–Crippen LogP) is 2.28. The Hall–Kier alpha value is -3.09. The van der Waals surface area contributed by atoms with Gasteiger partial charge in [-0.25, -0.2) is 5.43 Å².